The van der Waals surface area contributed by atoms with Crippen LogP contribution in [0.2, 0.25) is 0 Å². The molecular weight excluding hydrogens is 316 g/mol. The molecule has 0 saturated carbocycles. The fourth-order valence-corrected chi connectivity index (χ4v) is 2.37. The van der Waals surface area contributed by atoms with Crippen LogP contribution in [0.1, 0.15) is 6.42 Å². The zero-order valence-corrected chi connectivity index (χ0v) is 13.4. The van der Waals surface area contributed by atoms with E-state index < -0.39 is 18.3 Å². The van der Waals surface area contributed by atoms with Gasteiger partial charge in [-0.05, 0) is 12.1 Å². The lowest BCUT2D eigenvalue weighted by Gasteiger charge is -2.34. The van der Waals surface area contributed by atoms with Crippen molar-refractivity contribution < 1.29 is 29.0 Å². The van der Waals surface area contributed by atoms with Crippen LogP contribution < -0.4 is 9.47 Å². The summed E-state index contributed by atoms with van der Waals surface area (Å²) >= 11 is 0. The Kier molecular flexibility index (Phi) is 6.00. The SMILES string of the molecule is COc1cccc(OCC(=O)N2CCN(C(=O)CC(=O)O)CC2)c1. The van der Waals surface area contributed by atoms with Gasteiger partial charge >= 0.3 is 5.97 Å². The molecule has 1 N–H and O–H groups in total. The first-order valence-electron chi connectivity index (χ1n) is 7.54. The van der Waals surface area contributed by atoms with Gasteiger partial charge in [0.1, 0.15) is 17.9 Å². The number of carboxylic acids is 1. The minimum atomic E-state index is -1.15. The molecule has 130 valence electrons. The zero-order chi connectivity index (χ0) is 17.5. The summed E-state index contributed by atoms with van der Waals surface area (Å²) < 4.78 is 10.5. The fraction of sp³-hybridized carbons (Fsp3) is 0.438. The van der Waals surface area contributed by atoms with Gasteiger partial charge in [0.15, 0.2) is 6.61 Å². The number of rotatable bonds is 6. The van der Waals surface area contributed by atoms with Gasteiger partial charge in [-0.2, -0.15) is 0 Å². The molecule has 0 spiro atoms. The molecule has 1 aliphatic rings. The molecule has 1 aromatic rings. The summed E-state index contributed by atoms with van der Waals surface area (Å²) in [5.41, 5.74) is 0. The molecule has 0 bridgehead atoms. The van der Waals surface area contributed by atoms with Crippen molar-refractivity contribution in [2.75, 3.05) is 39.9 Å². The van der Waals surface area contributed by atoms with E-state index in [9.17, 15) is 14.4 Å². The second-order valence-electron chi connectivity index (χ2n) is 5.30. The summed E-state index contributed by atoms with van der Waals surface area (Å²) in [4.78, 5) is 37.4. The molecule has 24 heavy (non-hydrogen) atoms. The van der Waals surface area contributed by atoms with Gasteiger partial charge in [0, 0.05) is 32.2 Å². The largest absolute Gasteiger partial charge is 0.497 e. The molecule has 1 fully saturated rings. The van der Waals surface area contributed by atoms with Crippen molar-refractivity contribution >= 4 is 17.8 Å². The van der Waals surface area contributed by atoms with Gasteiger partial charge in [-0.3, -0.25) is 14.4 Å². The number of hydrogen-bond acceptors (Lipinski definition) is 5. The second-order valence-corrected chi connectivity index (χ2v) is 5.30. The van der Waals surface area contributed by atoms with Gasteiger partial charge in [0.2, 0.25) is 5.91 Å². The van der Waals surface area contributed by atoms with Gasteiger partial charge in [-0.1, -0.05) is 6.07 Å². The lowest BCUT2D eigenvalue weighted by Crippen LogP contribution is -2.51. The van der Waals surface area contributed by atoms with Crippen molar-refractivity contribution in [1.82, 2.24) is 9.80 Å². The number of carbonyl (C=O) groups excluding carboxylic acids is 2. The van der Waals surface area contributed by atoms with E-state index in [2.05, 4.69) is 0 Å². The van der Waals surface area contributed by atoms with E-state index in [1.807, 2.05) is 0 Å². The lowest BCUT2D eigenvalue weighted by atomic mass is 10.2. The first kappa shape index (κ1) is 17.6. The Morgan fingerprint density at radius 2 is 1.62 bits per heavy atom. The lowest BCUT2D eigenvalue weighted by molar-refractivity contribution is -0.147. The average Bonchev–Trinajstić information content (AvgIpc) is 2.59. The molecule has 1 aliphatic heterocycles. The Balaban J connectivity index is 1.78. The number of amides is 2. The predicted octanol–water partition coefficient (Wildman–Crippen LogP) is 0.219. The maximum absolute atomic E-state index is 12.2. The smallest absolute Gasteiger partial charge is 0.312 e. The predicted molar refractivity (Wildman–Crippen MR) is 83.9 cm³/mol. The normalized spacial score (nSPS) is 14.2. The number of ether oxygens (including phenoxy) is 2. The van der Waals surface area contributed by atoms with Gasteiger partial charge in [0.05, 0.1) is 7.11 Å². The van der Waals surface area contributed by atoms with E-state index in [0.29, 0.717) is 37.7 Å². The topological polar surface area (TPSA) is 96.4 Å². The van der Waals surface area contributed by atoms with Crippen LogP contribution in [0.5, 0.6) is 11.5 Å². The summed E-state index contributed by atoms with van der Waals surface area (Å²) in [6.45, 7) is 1.29. The van der Waals surface area contributed by atoms with Crippen LogP contribution in [0, 0.1) is 0 Å². The van der Waals surface area contributed by atoms with Gasteiger partial charge in [-0.15, -0.1) is 0 Å². The number of methoxy groups -OCH3 is 1. The van der Waals surface area contributed by atoms with E-state index >= 15 is 0 Å². The summed E-state index contributed by atoms with van der Waals surface area (Å²) in [6, 6.07) is 6.97. The minimum Gasteiger partial charge on any atom is -0.497 e. The molecule has 0 unspecified atom stereocenters. The molecule has 2 amide bonds. The summed E-state index contributed by atoms with van der Waals surface area (Å²) in [5, 5.41) is 8.63. The van der Waals surface area contributed by atoms with E-state index in [1.165, 1.54) is 4.90 Å². The zero-order valence-electron chi connectivity index (χ0n) is 13.4. The Hall–Kier alpha value is -2.77. The number of hydrogen-bond donors (Lipinski definition) is 1. The first-order valence-corrected chi connectivity index (χ1v) is 7.54. The van der Waals surface area contributed by atoms with Crippen molar-refractivity contribution in [2.45, 2.75) is 6.42 Å². The highest BCUT2D eigenvalue weighted by Gasteiger charge is 2.25. The quantitative estimate of drug-likeness (QED) is 0.747. The van der Waals surface area contributed by atoms with Crippen LogP contribution in [0.15, 0.2) is 24.3 Å². The Morgan fingerprint density at radius 1 is 1.04 bits per heavy atom. The standard InChI is InChI=1S/C16H20N2O6/c1-23-12-3-2-4-13(9-12)24-11-15(20)18-7-5-17(6-8-18)14(19)10-16(21)22/h2-4,9H,5-8,10-11H2,1H3,(H,21,22). The van der Waals surface area contributed by atoms with Crippen LogP contribution in [0.25, 0.3) is 0 Å². The molecule has 1 aromatic carbocycles. The highest BCUT2D eigenvalue weighted by molar-refractivity contribution is 5.93. The van der Waals surface area contributed by atoms with Crippen LogP contribution in [0.4, 0.5) is 0 Å². The van der Waals surface area contributed by atoms with Crippen LogP contribution in [0.3, 0.4) is 0 Å². The van der Waals surface area contributed by atoms with Gasteiger partial charge in [0.25, 0.3) is 5.91 Å². The van der Waals surface area contributed by atoms with E-state index in [1.54, 1.807) is 36.3 Å². The van der Waals surface area contributed by atoms with Gasteiger partial charge < -0.3 is 24.4 Å². The third kappa shape index (κ3) is 4.87. The average molecular weight is 336 g/mol. The summed E-state index contributed by atoms with van der Waals surface area (Å²) in [5.74, 6) is -0.570. The van der Waals surface area contributed by atoms with E-state index in [4.69, 9.17) is 14.6 Å². The Labute approximate surface area is 139 Å². The fourth-order valence-electron chi connectivity index (χ4n) is 2.37. The van der Waals surface area contributed by atoms with Crippen LogP contribution >= 0.6 is 0 Å². The number of aliphatic carboxylic acids is 1. The third-order valence-corrected chi connectivity index (χ3v) is 3.69. The minimum absolute atomic E-state index is 0.101. The number of carbonyl (C=O) groups is 3. The number of piperazine rings is 1. The maximum Gasteiger partial charge on any atom is 0.312 e. The molecule has 1 heterocycles. The van der Waals surface area contributed by atoms with Crippen molar-refractivity contribution in [3.8, 4) is 11.5 Å². The maximum atomic E-state index is 12.2. The van der Waals surface area contributed by atoms with Crippen LogP contribution in [-0.4, -0.2) is 72.6 Å². The Morgan fingerprint density at radius 3 is 2.21 bits per heavy atom. The summed E-state index contributed by atoms with van der Waals surface area (Å²) in [6.07, 6.45) is -0.521. The number of carboxylic acid groups (broad SMARTS) is 1. The Bertz CT molecular complexity index is 610. The van der Waals surface area contributed by atoms with E-state index in [-0.39, 0.29) is 12.5 Å². The van der Waals surface area contributed by atoms with Crippen molar-refractivity contribution in [3.63, 3.8) is 0 Å². The molecule has 8 heteroatoms. The highest BCUT2D eigenvalue weighted by atomic mass is 16.5. The molecule has 1 saturated heterocycles. The monoisotopic (exact) mass is 336 g/mol. The molecule has 0 atom stereocenters. The van der Waals surface area contributed by atoms with Crippen LogP contribution in [-0.2, 0) is 14.4 Å². The van der Waals surface area contributed by atoms with Crippen molar-refractivity contribution in [1.29, 1.82) is 0 Å². The van der Waals surface area contributed by atoms with Gasteiger partial charge in [-0.25, -0.2) is 0 Å². The molecule has 0 aromatic heterocycles. The third-order valence-electron chi connectivity index (χ3n) is 3.69. The van der Waals surface area contributed by atoms with Crippen molar-refractivity contribution in [3.05, 3.63) is 24.3 Å². The first-order chi connectivity index (χ1) is 11.5. The molecule has 0 radical (unpaired) electrons. The number of benzene rings is 1. The summed E-state index contributed by atoms with van der Waals surface area (Å²) in [7, 11) is 1.55. The van der Waals surface area contributed by atoms with E-state index in [0.717, 1.165) is 0 Å². The molecule has 2 rings (SSSR count). The molecule has 0 aliphatic carbocycles. The molecule has 8 nitrogen and oxygen atoms in total. The molecular formula is C16H20N2O6. The highest BCUT2D eigenvalue weighted by Crippen LogP contribution is 2.18. The second kappa shape index (κ2) is 8.19. The number of nitrogens with zero attached hydrogens (tertiary/aromatic N) is 2. The van der Waals surface area contributed by atoms with Crippen molar-refractivity contribution in [2.24, 2.45) is 0 Å².